The Labute approximate surface area is 189 Å². The van der Waals surface area contributed by atoms with Crippen molar-refractivity contribution in [2.75, 3.05) is 62.8 Å². The number of hydrogen-bond acceptors (Lipinski definition) is 6. The molecular weight excluding hydrogens is 430 g/mol. The number of anilines is 2. The quantitative estimate of drug-likeness (QED) is 0.714. The largest absolute Gasteiger partial charge is 0.379 e. The van der Waals surface area contributed by atoms with Gasteiger partial charge in [0.25, 0.3) is 5.91 Å². The summed E-state index contributed by atoms with van der Waals surface area (Å²) in [5.74, 6) is -0.334. The van der Waals surface area contributed by atoms with Gasteiger partial charge < -0.3 is 19.7 Å². The fourth-order valence-electron chi connectivity index (χ4n) is 3.94. The van der Waals surface area contributed by atoms with Crippen LogP contribution in [-0.2, 0) is 25.9 Å². The van der Waals surface area contributed by atoms with E-state index in [2.05, 4.69) is 17.1 Å². The summed E-state index contributed by atoms with van der Waals surface area (Å²) in [7, 11) is -3.72. The summed E-state index contributed by atoms with van der Waals surface area (Å²) >= 11 is 0. The first-order chi connectivity index (χ1) is 15.5. The van der Waals surface area contributed by atoms with E-state index in [1.165, 1.54) is 10.4 Å². The molecule has 2 aliphatic rings. The van der Waals surface area contributed by atoms with Crippen LogP contribution in [0.1, 0.15) is 22.8 Å². The predicted octanol–water partition coefficient (Wildman–Crippen LogP) is 2.36. The van der Waals surface area contributed by atoms with E-state index in [-0.39, 0.29) is 10.8 Å². The zero-order valence-electron chi connectivity index (χ0n) is 18.2. The Bertz CT molecular complexity index is 1060. The van der Waals surface area contributed by atoms with Crippen LogP contribution in [-0.4, -0.2) is 71.2 Å². The Morgan fingerprint density at radius 3 is 2.34 bits per heavy atom. The lowest BCUT2D eigenvalue weighted by atomic mass is 10.1. The Morgan fingerprint density at radius 2 is 1.66 bits per heavy atom. The maximum atomic E-state index is 13.3. The molecule has 172 valence electrons. The molecule has 0 atom stereocenters. The lowest BCUT2D eigenvalue weighted by molar-refractivity contribution is 0.0730. The Balaban J connectivity index is 1.69. The highest BCUT2D eigenvalue weighted by atomic mass is 32.2. The fraction of sp³-hybridized carbons (Fsp3) is 0.435. The van der Waals surface area contributed by atoms with Crippen molar-refractivity contribution in [3.8, 4) is 0 Å². The van der Waals surface area contributed by atoms with E-state index in [4.69, 9.17) is 9.47 Å². The van der Waals surface area contributed by atoms with E-state index < -0.39 is 10.0 Å². The van der Waals surface area contributed by atoms with Crippen LogP contribution in [0.3, 0.4) is 0 Å². The van der Waals surface area contributed by atoms with Crippen LogP contribution < -0.4 is 10.2 Å². The first-order valence-corrected chi connectivity index (χ1v) is 12.4. The van der Waals surface area contributed by atoms with Crippen LogP contribution in [0.2, 0.25) is 0 Å². The van der Waals surface area contributed by atoms with Gasteiger partial charge in [-0.25, -0.2) is 8.42 Å². The van der Waals surface area contributed by atoms with E-state index >= 15 is 0 Å². The Hall–Kier alpha value is -2.46. The van der Waals surface area contributed by atoms with Gasteiger partial charge in [0.15, 0.2) is 0 Å². The van der Waals surface area contributed by atoms with E-state index in [9.17, 15) is 13.2 Å². The molecule has 2 aliphatic heterocycles. The number of nitrogens with one attached hydrogen (secondary N) is 1. The number of hydrogen-bond donors (Lipinski definition) is 1. The molecular formula is C23H29N3O5S. The van der Waals surface area contributed by atoms with Crippen LogP contribution in [0.25, 0.3) is 0 Å². The van der Waals surface area contributed by atoms with Crippen molar-refractivity contribution in [1.82, 2.24) is 4.31 Å². The number of benzene rings is 2. The second-order valence-electron chi connectivity index (χ2n) is 7.80. The number of sulfonamides is 1. The fourth-order valence-corrected chi connectivity index (χ4v) is 5.38. The summed E-state index contributed by atoms with van der Waals surface area (Å²) in [5, 5.41) is 2.95. The van der Waals surface area contributed by atoms with E-state index in [1.54, 1.807) is 12.1 Å². The van der Waals surface area contributed by atoms with E-state index in [1.807, 2.05) is 24.3 Å². The number of aryl methyl sites for hydroxylation is 1. The van der Waals surface area contributed by atoms with Crippen LogP contribution in [0.15, 0.2) is 47.4 Å². The van der Waals surface area contributed by atoms with Gasteiger partial charge in [-0.3, -0.25) is 4.79 Å². The molecule has 0 bridgehead atoms. The van der Waals surface area contributed by atoms with Crippen molar-refractivity contribution < 1.29 is 22.7 Å². The average Bonchev–Trinajstić information content (AvgIpc) is 2.85. The monoisotopic (exact) mass is 459 g/mol. The van der Waals surface area contributed by atoms with Gasteiger partial charge >= 0.3 is 0 Å². The summed E-state index contributed by atoms with van der Waals surface area (Å²) in [6.45, 7) is 5.80. The molecule has 0 unspecified atom stereocenters. The van der Waals surface area contributed by atoms with Crippen molar-refractivity contribution >= 4 is 27.3 Å². The molecule has 2 heterocycles. The summed E-state index contributed by atoms with van der Waals surface area (Å²) < 4.78 is 38.5. The Morgan fingerprint density at radius 1 is 0.969 bits per heavy atom. The maximum absolute atomic E-state index is 13.3. The second kappa shape index (κ2) is 9.99. The minimum atomic E-state index is -3.72. The third-order valence-electron chi connectivity index (χ3n) is 5.77. The summed E-state index contributed by atoms with van der Waals surface area (Å²) in [5.41, 5.74) is 2.84. The van der Waals surface area contributed by atoms with Crippen LogP contribution in [0.5, 0.6) is 0 Å². The molecule has 0 saturated carbocycles. The lowest BCUT2D eigenvalue weighted by Crippen LogP contribution is -2.41. The number of rotatable bonds is 6. The van der Waals surface area contributed by atoms with Crippen molar-refractivity contribution in [1.29, 1.82) is 0 Å². The molecule has 2 aromatic rings. The molecule has 0 radical (unpaired) electrons. The first-order valence-electron chi connectivity index (χ1n) is 10.9. The normalized spacial score (nSPS) is 17.8. The molecule has 0 spiro atoms. The van der Waals surface area contributed by atoms with Crippen molar-refractivity contribution in [2.24, 2.45) is 0 Å². The average molecular weight is 460 g/mol. The van der Waals surface area contributed by atoms with Gasteiger partial charge in [-0.05, 0) is 42.3 Å². The molecule has 8 nitrogen and oxygen atoms in total. The summed E-state index contributed by atoms with van der Waals surface area (Å²) in [6.07, 6.45) is 0.857. The van der Waals surface area contributed by atoms with Gasteiger partial charge in [0.1, 0.15) is 0 Å². The smallest absolute Gasteiger partial charge is 0.257 e. The molecule has 0 aromatic heterocycles. The third kappa shape index (κ3) is 4.96. The van der Waals surface area contributed by atoms with Gasteiger partial charge in [-0.1, -0.05) is 19.1 Å². The molecule has 2 fully saturated rings. The standard InChI is InChI=1S/C23H29N3O5S/c1-2-18-4-3-5-19(16-18)24-23(27)21-17-20(32(28,29)26-10-14-31-15-11-26)6-7-22(21)25-8-12-30-13-9-25/h3-7,16-17H,2,8-15H2,1H3,(H,24,27). The first kappa shape index (κ1) is 22.7. The molecule has 32 heavy (non-hydrogen) atoms. The number of amides is 1. The number of morpholine rings is 2. The Kier molecular flexibility index (Phi) is 7.10. The second-order valence-corrected chi connectivity index (χ2v) is 9.74. The van der Waals surface area contributed by atoms with Gasteiger partial charge in [0, 0.05) is 37.6 Å². The summed E-state index contributed by atoms with van der Waals surface area (Å²) in [6, 6.07) is 12.5. The molecule has 2 aromatic carbocycles. The van der Waals surface area contributed by atoms with Crippen molar-refractivity contribution in [3.05, 3.63) is 53.6 Å². The predicted molar refractivity (Wildman–Crippen MR) is 123 cm³/mol. The molecule has 1 amide bonds. The number of nitrogens with zero attached hydrogens (tertiary/aromatic N) is 2. The SMILES string of the molecule is CCc1cccc(NC(=O)c2cc(S(=O)(=O)N3CCOCC3)ccc2N2CCOCC2)c1. The topological polar surface area (TPSA) is 88.2 Å². The third-order valence-corrected chi connectivity index (χ3v) is 7.66. The van der Waals surface area contributed by atoms with Gasteiger partial charge in [-0.15, -0.1) is 0 Å². The zero-order valence-corrected chi connectivity index (χ0v) is 19.1. The highest BCUT2D eigenvalue weighted by Crippen LogP contribution is 2.28. The lowest BCUT2D eigenvalue weighted by Gasteiger charge is -2.31. The van der Waals surface area contributed by atoms with E-state index in [0.29, 0.717) is 69.5 Å². The molecule has 0 aliphatic carbocycles. The zero-order chi connectivity index (χ0) is 22.6. The minimum absolute atomic E-state index is 0.115. The minimum Gasteiger partial charge on any atom is -0.379 e. The highest BCUT2D eigenvalue weighted by Gasteiger charge is 2.29. The maximum Gasteiger partial charge on any atom is 0.257 e. The van der Waals surface area contributed by atoms with E-state index in [0.717, 1.165) is 12.0 Å². The number of carbonyl (C=O) groups excluding carboxylic acids is 1. The van der Waals surface area contributed by atoms with Gasteiger partial charge in [0.2, 0.25) is 10.0 Å². The molecule has 1 N–H and O–H groups in total. The van der Waals surface area contributed by atoms with Crippen molar-refractivity contribution in [2.45, 2.75) is 18.2 Å². The molecule has 2 saturated heterocycles. The van der Waals surface area contributed by atoms with Gasteiger partial charge in [0.05, 0.1) is 36.9 Å². The van der Waals surface area contributed by atoms with Crippen LogP contribution >= 0.6 is 0 Å². The number of carbonyl (C=O) groups is 1. The highest BCUT2D eigenvalue weighted by molar-refractivity contribution is 7.89. The summed E-state index contributed by atoms with van der Waals surface area (Å²) in [4.78, 5) is 15.5. The molecule has 4 rings (SSSR count). The number of ether oxygens (including phenoxy) is 2. The van der Waals surface area contributed by atoms with Gasteiger partial charge in [-0.2, -0.15) is 4.31 Å². The van der Waals surface area contributed by atoms with Crippen molar-refractivity contribution in [3.63, 3.8) is 0 Å². The molecule has 9 heteroatoms. The van der Waals surface area contributed by atoms with Crippen LogP contribution in [0, 0.1) is 0 Å². The van der Waals surface area contributed by atoms with Crippen LogP contribution in [0.4, 0.5) is 11.4 Å².